The lowest BCUT2D eigenvalue weighted by atomic mass is 10.1. The monoisotopic (exact) mass is 386 g/mol. The zero-order valence-corrected chi connectivity index (χ0v) is 15.8. The van der Waals surface area contributed by atoms with Crippen LogP contribution in [-0.2, 0) is 4.74 Å². The molecule has 1 heterocycles. The molecule has 0 aliphatic heterocycles. The molecule has 2 aromatic carbocycles. The number of aromatic nitrogens is 2. The van der Waals surface area contributed by atoms with Crippen LogP contribution in [0.5, 0.6) is 0 Å². The molecule has 0 aliphatic rings. The van der Waals surface area contributed by atoms with E-state index in [-0.39, 0.29) is 23.1 Å². The van der Waals surface area contributed by atoms with Crippen molar-refractivity contribution in [2.24, 2.45) is 0 Å². The number of carbonyl (C=O) groups excluding carboxylic acids is 1. The number of thioether (sulfide) groups is 1. The van der Waals surface area contributed by atoms with E-state index >= 15 is 0 Å². The van der Waals surface area contributed by atoms with Crippen molar-refractivity contribution in [3.8, 4) is 0 Å². The van der Waals surface area contributed by atoms with Crippen LogP contribution in [0.3, 0.4) is 0 Å². The molecular formula is C20H19FN2O3S. The van der Waals surface area contributed by atoms with Crippen molar-refractivity contribution in [2.75, 3.05) is 19.5 Å². The summed E-state index contributed by atoms with van der Waals surface area (Å²) in [7, 11) is 1.57. The first-order valence-electron chi connectivity index (χ1n) is 8.43. The Kier molecular flexibility index (Phi) is 6.03. The Hall–Kier alpha value is -2.51. The summed E-state index contributed by atoms with van der Waals surface area (Å²) in [6, 6.07) is 12.3. The van der Waals surface area contributed by atoms with Crippen molar-refractivity contribution in [2.45, 2.75) is 18.1 Å². The Balaban J connectivity index is 1.94. The molecule has 0 saturated carbocycles. The molecule has 5 nitrogen and oxygen atoms in total. The van der Waals surface area contributed by atoms with Crippen LogP contribution in [0, 0.1) is 5.82 Å². The van der Waals surface area contributed by atoms with Crippen molar-refractivity contribution >= 4 is 28.4 Å². The van der Waals surface area contributed by atoms with Gasteiger partial charge in [0.25, 0.3) is 5.56 Å². The van der Waals surface area contributed by atoms with Crippen molar-refractivity contribution in [1.29, 1.82) is 0 Å². The number of ether oxygens (including phenoxy) is 1. The maximum absolute atomic E-state index is 13.0. The number of hydrogen-bond acceptors (Lipinski definition) is 5. The molecule has 0 fully saturated rings. The van der Waals surface area contributed by atoms with Crippen LogP contribution in [0.4, 0.5) is 4.39 Å². The predicted molar refractivity (Wildman–Crippen MR) is 104 cm³/mol. The van der Waals surface area contributed by atoms with E-state index in [2.05, 4.69) is 4.98 Å². The summed E-state index contributed by atoms with van der Waals surface area (Å²) in [5.41, 5.74) is 0.838. The predicted octanol–water partition coefficient (Wildman–Crippen LogP) is 3.72. The molecule has 0 amide bonds. The summed E-state index contributed by atoms with van der Waals surface area (Å²) >= 11 is 1.19. The van der Waals surface area contributed by atoms with Gasteiger partial charge in [-0.3, -0.25) is 14.2 Å². The topological polar surface area (TPSA) is 61.2 Å². The number of methoxy groups -OCH3 is 1. The van der Waals surface area contributed by atoms with E-state index in [0.29, 0.717) is 28.2 Å². The highest BCUT2D eigenvalue weighted by molar-refractivity contribution is 7.99. The Morgan fingerprint density at radius 2 is 1.93 bits per heavy atom. The highest BCUT2D eigenvalue weighted by atomic mass is 32.2. The fourth-order valence-corrected chi connectivity index (χ4v) is 3.77. The minimum atomic E-state index is -0.391. The standard InChI is InChI=1S/C20H19FN2O3S/c1-13(11-26-2)23-19(25)16-5-3-4-6-17(16)22-20(23)27-12-18(24)14-7-9-15(21)10-8-14/h3-10,13H,11-12H2,1-2H3/t13-/m0/s1. The molecule has 1 atom stereocenters. The van der Waals surface area contributed by atoms with Crippen LogP contribution in [-0.4, -0.2) is 34.8 Å². The lowest BCUT2D eigenvalue weighted by molar-refractivity contribution is 0.102. The van der Waals surface area contributed by atoms with Crippen LogP contribution in [0.2, 0.25) is 0 Å². The van der Waals surface area contributed by atoms with Gasteiger partial charge in [-0.15, -0.1) is 0 Å². The fourth-order valence-electron chi connectivity index (χ4n) is 2.78. The fraction of sp³-hybridized carbons (Fsp3) is 0.250. The number of ketones is 1. The summed E-state index contributed by atoms with van der Waals surface area (Å²) in [5, 5.41) is 0.980. The zero-order valence-electron chi connectivity index (χ0n) is 15.0. The van der Waals surface area contributed by atoms with Gasteiger partial charge in [0.2, 0.25) is 0 Å². The summed E-state index contributed by atoms with van der Waals surface area (Å²) < 4.78 is 19.8. The van der Waals surface area contributed by atoms with Gasteiger partial charge in [0.15, 0.2) is 10.9 Å². The molecule has 0 unspecified atom stereocenters. The molecule has 0 bridgehead atoms. The van der Waals surface area contributed by atoms with Gasteiger partial charge in [-0.2, -0.15) is 0 Å². The molecule has 0 radical (unpaired) electrons. The van der Waals surface area contributed by atoms with Gasteiger partial charge in [0, 0.05) is 12.7 Å². The highest BCUT2D eigenvalue weighted by Crippen LogP contribution is 2.22. The second-order valence-electron chi connectivity index (χ2n) is 6.11. The first-order valence-corrected chi connectivity index (χ1v) is 9.41. The SMILES string of the molecule is COC[C@H](C)n1c(SCC(=O)c2ccc(F)cc2)nc2ccccc2c1=O. The quantitative estimate of drug-likeness (QED) is 0.352. The minimum Gasteiger partial charge on any atom is -0.383 e. The average Bonchev–Trinajstić information content (AvgIpc) is 2.67. The van der Waals surface area contributed by atoms with Crippen LogP contribution < -0.4 is 5.56 Å². The third-order valence-electron chi connectivity index (χ3n) is 4.12. The first-order chi connectivity index (χ1) is 13.0. The summed E-state index contributed by atoms with van der Waals surface area (Å²) in [4.78, 5) is 29.9. The molecule has 140 valence electrons. The number of benzene rings is 2. The van der Waals surface area contributed by atoms with E-state index < -0.39 is 5.82 Å². The van der Waals surface area contributed by atoms with Gasteiger partial charge in [0.1, 0.15) is 5.82 Å². The number of fused-ring (bicyclic) bond motifs is 1. The van der Waals surface area contributed by atoms with E-state index in [1.165, 1.54) is 36.0 Å². The lowest BCUT2D eigenvalue weighted by Gasteiger charge is -2.18. The van der Waals surface area contributed by atoms with Gasteiger partial charge < -0.3 is 4.74 Å². The summed E-state index contributed by atoms with van der Waals surface area (Å²) in [6.45, 7) is 2.21. The smallest absolute Gasteiger partial charge is 0.262 e. The number of rotatable bonds is 7. The van der Waals surface area contributed by atoms with Gasteiger partial charge in [-0.05, 0) is 43.3 Å². The van der Waals surface area contributed by atoms with E-state index in [0.717, 1.165) is 0 Å². The highest BCUT2D eigenvalue weighted by Gasteiger charge is 2.18. The lowest BCUT2D eigenvalue weighted by Crippen LogP contribution is -2.28. The molecule has 0 aliphatic carbocycles. The number of halogens is 1. The van der Waals surface area contributed by atoms with Gasteiger partial charge in [-0.1, -0.05) is 23.9 Å². The van der Waals surface area contributed by atoms with Crippen molar-refractivity contribution in [3.05, 3.63) is 70.3 Å². The van der Waals surface area contributed by atoms with E-state index in [9.17, 15) is 14.0 Å². The Morgan fingerprint density at radius 3 is 2.63 bits per heavy atom. The number of carbonyl (C=O) groups is 1. The number of Topliss-reactive ketones (excluding diaryl/α,β-unsaturated/α-hetero) is 1. The summed E-state index contributed by atoms with van der Waals surface area (Å²) in [6.07, 6.45) is 0. The molecular weight excluding hydrogens is 367 g/mol. The number of nitrogens with zero attached hydrogens (tertiary/aromatic N) is 2. The van der Waals surface area contributed by atoms with Gasteiger partial charge in [-0.25, -0.2) is 9.37 Å². The minimum absolute atomic E-state index is 0.0934. The average molecular weight is 386 g/mol. The van der Waals surface area contributed by atoms with Crippen molar-refractivity contribution in [3.63, 3.8) is 0 Å². The third-order valence-corrected chi connectivity index (χ3v) is 5.08. The normalized spacial score (nSPS) is 12.3. The van der Waals surface area contributed by atoms with Gasteiger partial charge in [0.05, 0.1) is 29.3 Å². The molecule has 3 rings (SSSR count). The molecule has 0 spiro atoms. The van der Waals surface area contributed by atoms with Crippen molar-refractivity contribution in [1.82, 2.24) is 9.55 Å². The van der Waals surface area contributed by atoms with E-state index in [1.54, 1.807) is 29.9 Å². The van der Waals surface area contributed by atoms with Crippen molar-refractivity contribution < 1.29 is 13.9 Å². The second-order valence-corrected chi connectivity index (χ2v) is 7.05. The molecule has 0 saturated heterocycles. The zero-order chi connectivity index (χ0) is 19.4. The van der Waals surface area contributed by atoms with Crippen LogP contribution >= 0.6 is 11.8 Å². The maximum atomic E-state index is 13.0. The Morgan fingerprint density at radius 1 is 1.22 bits per heavy atom. The molecule has 1 aromatic heterocycles. The van der Waals surface area contributed by atoms with Gasteiger partial charge >= 0.3 is 0 Å². The summed E-state index contributed by atoms with van der Waals surface area (Å²) in [5.74, 6) is -0.457. The van der Waals surface area contributed by atoms with E-state index in [4.69, 9.17) is 4.74 Å². The molecule has 3 aromatic rings. The van der Waals surface area contributed by atoms with Crippen LogP contribution in [0.1, 0.15) is 23.3 Å². The van der Waals surface area contributed by atoms with Crippen LogP contribution in [0.15, 0.2) is 58.5 Å². The number of hydrogen-bond donors (Lipinski definition) is 0. The second kappa shape index (κ2) is 8.45. The Labute approximate surface area is 160 Å². The van der Waals surface area contributed by atoms with Crippen LogP contribution in [0.25, 0.3) is 10.9 Å². The van der Waals surface area contributed by atoms with E-state index in [1.807, 2.05) is 13.0 Å². The third kappa shape index (κ3) is 4.26. The number of para-hydroxylation sites is 1. The Bertz CT molecular complexity index is 1020. The molecule has 7 heteroatoms. The molecule has 27 heavy (non-hydrogen) atoms. The first kappa shape index (κ1) is 19.3. The largest absolute Gasteiger partial charge is 0.383 e. The molecule has 0 N–H and O–H groups in total. The maximum Gasteiger partial charge on any atom is 0.262 e.